The van der Waals surface area contributed by atoms with Gasteiger partial charge in [-0.25, -0.2) is 0 Å². The molecular weight excluding hydrogens is 269 g/mol. The van der Waals surface area contributed by atoms with Crippen LogP contribution in [-0.2, 0) is 4.74 Å². The molecule has 0 aliphatic heterocycles. The average molecular weight is 296 g/mol. The Hall–Kier alpha value is -0.330. The maximum absolute atomic E-state index is 13.0. The van der Waals surface area contributed by atoms with Crippen molar-refractivity contribution in [2.24, 2.45) is 11.8 Å². The zero-order valence-electron chi connectivity index (χ0n) is 12.5. The average Bonchev–Trinajstić information content (AvgIpc) is 2.38. The first-order valence-electron chi connectivity index (χ1n) is 7.40. The van der Waals surface area contributed by atoms with Gasteiger partial charge in [0.2, 0.25) is 0 Å². The van der Waals surface area contributed by atoms with Crippen LogP contribution in [0, 0.1) is 11.8 Å². The van der Waals surface area contributed by atoms with E-state index in [4.69, 9.17) is 4.74 Å². The number of rotatable bonds is 8. The molecule has 1 aliphatic carbocycles. The van der Waals surface area contributed by atoms with Crippen molar-refractivity contribution < 1.29 is 17.9 Å². The van der Waals surface area contributed by atoms with Crippen LogP contribution in [0.5, 0.6) is 0 Å². The molecule has 1 rings (SSSR count). The Morgan fingerprint density at radius 3 is 2.55 bits per heavy atom. The van der Waals surface area contributed by atoms with Gasteiger partial charge in [0.05, 0.1) is 12.5 Å². The third kappa shape index (κ3) is 6.41. The van der Waals surface area contributed by atoms with E-state index in [1.807, 2.05) is 11.9 Å². The molecule has 2 atom stereocenters. The first kappa shape index (κ1) is 17.7. The van der Waals surface area contributed by atoms with Gasteiger partial charge in [-0.2, -0.15) is 13.2 Å². The van der Waals surface area contributed by atoms with Crippen molar-refractivity contribution in [3.05, 3.63) is 0 Å². The number of nitrogens with one attached hydrogen (secondary N) is 1. The van der Waals surface area contributed by atoms with Gasteiger partial charge in [0, 0.05) is 33.3 Å². The lowest BCUT2D eigenvalue weighted by atomic mass is 9.78. The van der Waals surface area contributed by atoms with E-state index in [1.54, 1.807) is 7.11 Å². The molecule has 20 heavy (non-hydrogen) atoms. The molecule has 1 N–H and O–H groups in total. The monoisotopic (exact) mass is 296 g/mol. The molecular formula is C14H27F3N2O. The van der Waals surface area contributed by atoms with E-state index < -0.39 is 12.1 Å². The van der Waals surface area contributed by atoms with Crippen LogP contribution in [-0.4, -0.2) is 58.0 Å². The molecule has 0 aromatic carbocycles. The normalized spacial score (nSPS) is 24.3. The lowest BCUT2D eigenvalue weighted by Gasteiger charge is -2.35. The molecule has 1 saturated carbocycles. The molecule has 6 heteroatoms. The summed E-state index contributed by atoms with van der Waals surface area (Å²) < 4.78 is 43.9. The SMILES string of the molecule is COCCNCCN(C)CC1CCCCC1C(F)(F)F. The van der Waals surface area contributed by atoms with Crippen LogP contribution in [0.15, 0.2) is 0 Å². The molecule has 0 spiro atoms. The number of alkyl halides is 3. The lowest BCUT2D eigenvalue weighted by molar-refractivity contribution is -0.197. The maximum Gasteiger partial charge on any atom is 0.392 e. The maximum atomic E-state index is 13.0. The summed E-state index contributed by atoms with van der Waals surface area (Å²) in [7, 11) is 3.55. The Labute approximate surface area is 119 Å². The predicted octanol–water partition coefficient (Wildman–Crippen LogP) is 2.52. The Morgan fingerprint density at radius 1 is 1.20 bits per heavy atom. The molecule has 0 saturated heterocycles. The molecule has 2 unspecified atom stereocenters. The highest BCUT2D eigenvalue weighted by Crippen LogP contribution is 2.41. The van der Waals surface area contributed by atoms with Crippen LogP contribution in [0.2, 0.25) is 0 Å². The van der Waals surface area contributed by atoms with Gasteiger partial charge in [0.1, 0.15) is 0 Å². The fraction of sp³-hybridized carbons (Fsp3) is 1.00. The molecule has 1 aliphatic rings. The van der Waals surface area contributed by atoms with Crippen LogP contribution in [0.1, 0.15) is 25.7 Å². The van der Waals surface area contributed by atoms with Crippen LogP contribution in [0.25, 0.3) is 0 Å². The standard InChI is InChI=1S/C14H27F3N2O/c1-19(9-7-18-8-10-20-2)11-12-5-3-4-6-13(12)14(15,16)17/h12-13,18H,3-11H2,1-2H3. The second-order valence-electron chi connectivity index (χ2n) is 5.70. The number of hydrogen-bond donors (Lipinski definition) is 1. The van der Waals surface area contributed by atoms with E-state index in [0.717, 1.165) is 26.1 Å². The molecule has 0 bridgehead atoms. The van der Waals surface area contributed by atoms with Gasteiger partial charge in [0.15, 0.2) is 0 Å². The summed E-state index contributed by atoms with van der Waals surface area (Å²) in [6.45, 7) is 3.52. The Kier molecular flexibility index (Phi) is 7.84. The molecule has 0 heterocycles. The largest absolute Gasteiger partial charge is 0.392 e. The Bertz CT molecular complexity index is 261. The number of ether oxygens (including phenoxy) is 1. The fourth-order valence-corrected chi connectivity index (χ4v) is 2.92. The van der Waals surface area contributed by atoms with Gasteiger partial charge < -0.3 is 15.0 Å². The summed E-state index contributed by atoms with van der Waals surface area (Å²) in [6.07, 6.45) is -1.40. The lowest BCUT2D eigenvalue weighted by Crippen LogP contribution is -2.41. The van der Waals surface area contributed by atoms with Crippen molar-refractivity contribution in [1.82, 2.24) is 10.2 Å². The molecule has 1 fully saturated rings. The van der Waals surface area contributed by atoms with Gasteiger partial charge in [-0.3, -0.25) is 0 Å². The predicted molar refractivity (Wildman–Crippen MR) is 73.7 cm³/mol. The van der Waals surface area contributed by atoms with Crippen molar-refractivity contribution in [2.45, 2.75) is 31.9 Å². The highest BCUT2D eigenvalue weighted by atomic mass is 19.4. The third-order valence-corrected chi connectivity index (χ3v) is 4.03. The highest BCUT2D eigenvalue weighted by Gasteiger charge is 2.45. The minimum absolute atomic E-state index is 0.243. The van der Waals surface area contributed by atoms with Crippen molar-refractivity contribution in [3.8, 4) is 0 Å². The Balaban J connectivity index is 2.29. The number of halogens is 3. The quantitative estimate of drug-likeness (QED) is 0.697. The van der Waals surface area contributed by atoms with Crippen LogP contribution < -0.4 is 5.32 Å². The van der Waals surface area contributed by atoms with Gasteiger partial charge >= 0.3 is 6.18 Å². The zero-order chi connectivity index (χ0) is 15.0. The summed E-state index contributed by atoms with van der Waals surface area (Å²) in [6, 6.07) is 0. The van der Waals surface area contributed by atoms with Crippen LogP contribution >= 0.6 is 0 Å². The molecule has 120 valence electrons. The van der Waals surface area contributed by atoms with Gasteiger partial charge in [-0.1, -0.05) is 12.8 Å². The van der Waals surface area contributed by atoms with Crippen molar-refractivity contribution in [1.29, 1.82) is 0 Å². The van der Waals surface area contributed by atoms with E-state index in [1.165, 1.54) is 0 Å². The fourth-order valence-electron chi connectivity index (χ4n) is 2.92. The summed E-state index contributed by atoms with van der Waals surface area (Å²) in [5.41, 5.74) is 0. The topological polar surface area (TPSA) is 24.5 Å². The van der Waals surface area contributed by atoms with E-state index in [9.17, 15) is 13.2 Å². The minimum Gasteiger partial charge on any atom is -0.383 e. The minimum atomic E-state index is -4.04. The van der Waals surface area contributed by atoms with E-state index in [-0.39, 0.29) is 5.92 Å². The summed E-state index contributed by atoms with van der Waals surface area (Å²) >= 11 is 0. The van der Waals surface area contributed by atoms with Gasteiger partial charge in [-0.15, -0.1) is 0 Å². The smallest absolute Gasteiger partial charge is 0.383 e. The summed E-state index contributed by atoms with van der Waals surface area (Å²) in [5, 5.41) is 3.21. The second kappa shape index (κ2) is 8.85. The molecule has 3 nitrogen and oxygen atoms in total. The van der Waals surface area contributed by atoms with Crippen LogP contribution in [0.3, 0.4) is 0 Å². The van der Waals surface area contributed by atoms with Crippen molar-refractivity contribution in [2.75, 3.05) is 46.9 Å². The number of nitrogens with zero attached hydrogens (tertiary/aromatic N) is 1. The second-order valence-corrected chi connectivity index (χ2v) is 5.70. The third-order valence-electron chi connectivity index (χ3n) is 4.03. The number of hydrogen-bond acceptors (Lipinski definition) is 3. The van der Waals surface area contributed by atoms with Crippen LogP contribution in [0.4, 0.5) is 13.2 Å². The van der Waals surface area contributed by atoms with E-state index in [2.05, 4.69) is 5.32 Å². The zero-order valence-corrected chi connectivity index (χ0v) is 12.5. The Morgan fingerprint density at radius 2 is 1.90 bits per heavy atom. The van der Waals surface area contributed by atoms with Gasteiger partial charge in [0.25, 0.3) is 0 Å². The molecule has 0 amide bonds. The first-order chi connectivity index (χ1) is 9.45. The number of methoxy groups -OCH3 is 1. The van der Waals surface area contributed by atoms with Crippen molar-refractivity contribution >= 4 is 0 Å². The van der Waals surface area contributed by atoms with E-state index >= 15 is 0 Å². The van der Waals surface area contributed by atoms with Gasteiger partial charge in [-0.05, 0) is 25.8 Å². The first-order valence-corrected chi connectivity index (χ1v) is 7.40. The summed E-state index contributed by atoms with van der Waals surface area (Å²) in [4.78, 5) is 2.01. The molecule has 0 aromatic rings. The molecule has 0 radical (unpaired) electrons. The summed E-state index contributed by atoms with van der Waals surface area (Å²) in [5.74, 6) is -1.35. The number of likely N-dealkylation sites (N-methyl/N-ethyl adjacent to an activating group) is 1. The highest BCUT2D eigenvalue weighted by molar-refractivity contribution is 4.82. The molecule has 0 aromatic heterocycles. The van der Waals surface area contributed by atoms with Crippen molar-refractivity contribution in [3.63, 3.8) is 0 Å². The van der Waals surface area contributed by atoms with E-state index in [0.29, 0.717) is 32.4 Å².